The zero-order chi connectivity index (χ0) is 23.1. The molecule has 1 saturated heterocycles. The topological polar surface area (TPSA) is 79.0 Å². The number of hydrogen-bond donors (Lipinski definition) is 3. The molecule has 1 amide bonds. The fourth-order valence-corrected chi connectivity index (χ4v) is 5.13. The monoisotopic (exact) mass is 434 g/mol. The van der Waals surface area contributed by atoms with Gasteiger partial charge in [0.15, 0.2) is 0 Å². The normalized spacial score (nSPS) is 17.9. The minimum Gasteiger partial charge on any atom is -0.493 e. The highest BCUT2D eigenvalue weighted by Crippen LogP contribution is 2.32. The molecule has 0 bridgehead atoms. The van der Waals surface area contributed by atoms with Crippen LogP contribution in [0.2, 0.25) is 0 Å². The number of para-hydroxylation sites is 1. The van der Waals surface area contributed by atoms with Gasteiger partial charge in [0, 0.05) is 22.7 Å². The molecule has 170 valence electrons. The summed E-state index contributed by atoms with van der Waals surface area (Å²) in [5.41, 5.74) is 4.44. The van der Waals surface area contributed by atoms with Crippen LogP contribution in [0, 0.1) is 6.92 Å². The number of aryl methyl sites for hydroxylation is 1. The lowest BCUT2D eigenvalue weighted by Crippen LogP contribution is -2.62. The number of rotatable bonds is 5. The van der Waals surface area contributed by atoms with E-state index in [1.807, 2.05) is 50.2 Å². The summed E-state index contributed by atoms with van der Waals surface area (Å²) < 4.78 is 5.91. The number of benzene rings is 2. The Bertz CT molecular complexity index is 1130. The number of aromatic amines is 1. The average Bonchev–Trinajstić information content (AvgIpc) is 3.11. The number of fused-ring (bicyclic) bond motifs is 1. The minimum absolute atomic E-state index is 0.0283. The highest BCUT2D eigenvalue weighted by atomic mass is 16.5. The van der Waals surface area contributed by atoms with E-state index < -0.39 is 0 Å². The van der Waals surface area contributed by atoms with Crippen LogP contribution < -0.4 is 15.4 Å². The predicted octanol–water partition coefficient (Wildman–Crippen LogP) is 4.98. The molecule has 0 atom stereocenters. The molecule has 3 N–H and O–H groups in total. The summed E-state index contributed by atoms with van der Waals surface area (Å²) in [4.78, 5) is 21.3. The van der Waals surface area contributed by atoms with E-state index in [1.165, 1.54) is 0 Å². The first kappa shape index (κ1) is 22.3. The van der Waals surface area contributed by atoms with Gasteiger partial charge < -0.3 is 20.4 Å². The Kier molecular flexibility index (Phi) is 5.76. The lowest BCUT2D eigenvalue weighted by molar-refractivity contribution is 0.0872. The molecule has 2 aromatic carbocycles. The Labute approximate surface area is 190 Å². The average molecular weight is 435 g/mol. The summed E-state index contributed by atoms with van der Waals surface area (Å²) in [6.07, 6.45) is 1.77. The first-order valence-corrected chi connectivity index (χ1v) is 11.4. The zero-order valence-corrected chi connectivity index (χ0v) is 19.9. The first-order chi connectivity index (χ1) is 15.1. The van der Waals surface area contributed by atoms with Gasteiger partial charge in [0.25, 0.3) is 5.91 Å². The Morgan fingerprint density at radius 1 is 1.16 bits per heavy atom. The second-order valence-corrected chi connectivity index (χ2v) is 10.2. The number of aromatic nitrogens is 2. The third kappa shape index (κ3) is 4.65. The van der Waals surface area contributed by atoms with Crippen molar-refractivity contribution in [3.05, 3.63) is 47.5 Å². The van der Waals surface area contributed by atoms with Crippen molar-refractivity contribution in [2.24, 2.45) is 0 Å². The minimum atomic E-state index is -0.0727. The van der Waals surface area contributed by atoms with E-state index in [9.17, 15) is 4.79 Å². The zero-order valence-electron chi connectivity index (χ0n) is 19.9. The number of ether oxygens (including phenoxy) is 1. The number of hydrogen-bond acceptors (Lipinski definition) is 4. The lowest BCUT2D eigenvalue weighted by Gasteiger charge is -2.46. The second kappa shape index (κ2) is 8.24. The summed E-state index contributed by atoms with van der Waals surface area (Å²) in [5, 5.41) is 6.91. The largest absolute Gasteiger partial charge is 0.493 e. The van der Waals surface area contributed by atoms with Crippen LogP contribution >= 0.6 is 0 Å². The van der Waals surface area contributed by atoms with Crippen LogP contribution in [-0.4, -0.2) is 39.6 Å². The Balaban J connectivity index is 1.61. The van der Waals surface area contributed by atoms with Gasteiger partial charge in [0.05, 0.1) is 23.2 Å². The lowest BCUT2D eigenvalue weighted by atomic mass is 9.79. The molecule has 6 heteroatoms. The fraction of sp³-hybridized carbons (Fsp3) is 0.462. The predicted molar refractivity (Wildman–Crippen MR) is 129 cm³/mol. The second-order valence-electron chi connectivity index (χ2n) is 10.2. The number of H-pyrrole nitrogens is 1. The molecular formula is C26H34N4O2. The molecular weight excluding hydrogens is 400 g/mol. The molecule has 0 radical (unpaired) electrons. The van der Waals surface area contributed by atoms with E-state index in [0.29, 0.717) is 17.9 Å². The molecule has 6 nitrogen and oxygen atoms in total. The van der Waals surface area contributed by atoms with Gasteiger partial charge in [-0.15, -0.1) is 0 Å². The van der Waals surface area contributed by atoms with Gasteiger partial charge in [-0.2, -0.15) is 0 Å². The quantitative estimate of drug-likeness (QED) is 0.529. The van der Waals surface area contributed by atoms with Gasteiger partial charge in [-0.1, -0.05) is 12.1 Å². The summed E-state index contributed by atoms with van der Waals surface area (Å²) in [6.45, 7) is 13.2. The van der Waals surface area contributed by atoms with Crippen molar-refractivity contribution in [2.75, 3.05) is 6.61 Å². The number of nitrogens with zero attached hydrogens (tertiary/aromatic N) is 1. The van der Waals surface area contributed by atoms with Gasteiger partial charge in [-0.3, -0.25) is 4.79 Å². The van der Waals surface area contributed by atoms with Crippen LogP contribution in [-0.2, 0) is 0 Å². The number of amides is 1. The number of nitrogens with one attached hydrogen (secondary N) is 3. The number of carbonyl (C=O) groups is 1. The van der Waals surface area contributed by atoms with E-state index >= 15 is 0 Å². The molecule has 2 heterocycles. The van der Waals surface area contributed by atoms with Crippen molar-refractivity contribution in [2.45, 2.75) is 71.5 Å². The van der Waals surface area contributed by atoms with E-state index in [4.69, 9.17) is 9.72 Å². The maximum Gasteiger partial charge on any atom is 0.251 e. The van der Waals surface area contributed by atoms with Gasteiger partial charge in [-0.05, 0) is 84.2 Å². The molecule has 0 aliphatic carbocycles. The Hall–Kier alpha value is -2.86. The third-order valence-electron chi connectivity index (χ3n) is 6.04. The van der Waals surface area contributed by atoms with Gasteiger partial charge in [0.2, 0.25) is 0 Å². The number of imidazole rings is 1. The number of piperidine rings is 1. The molecule has 0 saturated carbocycles. The number of carbonyl (C=O) groups excluding carboxylic acids is 1. The van der Waals surface area contributed by atoms with Crippen LogP contribution in [0.5, 0.6) is 5.75 Å². The van der Waals surface area contributed by atoms with E-state index in [0.717, 1.165) is 40.8 Å². The maximum atomic E-state index is 13.1. The Morgan fingerprint density at radius 2 is 1.88 bits per heavy atom. The molecule has 1 aliphatic rings. The summed E-state index contributed by atoms with van der Waals surface area (Å²) in [7, 11) is 0. The molecule has 1 aliphatic heterocycles. The summed E-state index contributed by atoms with van der Waals surface area (Å²) >= 11 is 0. The summed E-state index contributed by atoms with van der Waals surface area (Å²) in [5.74, 6) is 1.32. The van der Waals surface area contributed by atoms with Crippen molar-refractivity contribution in [3.8, 4) is 17.1 Å². The van der Waals surface area contributed by atoms with Crippen LogP contribution in [0.15, 0.2) is 36.4 Å². The standard InChI is InChI=1S/C26H34N4O2/c1-7-32-21-13-17(24(31)27-18-14-25(3,4)30-26(5,6)15-18)11-12-19(21)23-28-20-10-8-9-16(2)22(20)29-23/h8-13,18,30H,7,14-15H2,1-6H3,(H,27,31)(H,28,29). The smallest absolute Gasteiger partial charge is 0.251 e. The fourth-order valence-electron chi connectivity index (χ4n) is 5.13. The van der Waals surface area contributed by atoms with Gasteiger partial charge in [-0.25, -0.2) is 4.98 Å². The van der Waals surface area contributed by atoms with E-state index in [2.05, 4.69) is 43.3 Å². The van der Waals surface area contributed by atoms with Gasteiger partial charge in [0.1, 0.15) is 11.6 Å². The van der Waals surface area contributed by atoms with E-state index in [-0.39, 0.29) is 23.0 Å². The highest BCUT2D eigenvalue weighted by molar-refractivity contribution is 5.96. The van der Waals surface area contributed by atoms with Crippen molar-refractivity contribution in [1.82, 2.24) is 20.6 Å². The molecule has 1 aromatic heterocycles. The van der Waals surface area contributed by atoms with Gasteiger partial charge >= 0.3 is 0 Å². The van der Waals surface area contributed by atoms with Crippen LogP contribution in [0.4, 0.5) is 0 Å². The van der Waals surface area contributed by atoms with Crippen molar-refractivity contribution in [3.63, 3.8) is 0 Å². The SMILES string of the molecule is CCOc1cc(C(=O)NC2CC(C)(C)NC(C)(C)C2)ccc1-c1nc2c(C)cccc2[nH]1. The first-order valence-electron chi connectivity index (χ1n) is 11.4. The van der Waals surface area contributed by atoms with Crippen LogP contribution in [0.3, 0.4) is 0 Å². The third-order valence-corrected chi connectivity index (χ3v) is 6.04. The highest BCUT2D eigenvalue weighted by Gasteiger charge is 2.38. The Morgan fingerprint density at radius 3 is 2.53 bits per heavy atom. The van der Waals surface area contributed by atoms with Crippen molar-refractivity contribution >= 4 is 16.9 Å². The molecule has 3 aromatic rings. The maximum absolute atomic E-state index is 13.1. The molecule has 1 fully saturated rings. The van der Waals surface area contributed by atoms with Crippen LogP contribution in [0.25, 0.3) is 22.4 Å². The van der Waals surface area contributed by atoms with Crippen molar-refractivity contribution < 1.29 is 9.53 Å². The molecule has 0 spiro atoms. The molecule has 0 unspecified atom stereocenters. The molecule has 32 heavy (non-hydrogen) atoms. The summed E-state index contributed by atoms with van der Waals surface area (Å²) in [6, 6.07) is 11.8. The van der Waals surface area contributed by atoms with E-state index in [1.54, 1.807) is 0 Å². The van der Waals surface area contributed by atoms with Crippen LogP contribution in [0.1, 0.15) is 63.4 Å². The van der Waals surface area contributed by atoms with Crippen molar-refractivity contribution in [1.29, 1.82) is 0 Å². The molecule has 4 rings (SSSR count).